The quantitative estimate of drug-likeness (QED) is 0.760. The van der Waals surface area contributed by atoms with E-state index in [0.29, 0.717) is 0 Å². The maximum Gasteiger partial charge on any atom is 0.210 e. The highest BCUT2D eigenvalue weighted by atomic mass is 32.1. The second-order valence-electron chi connectivity index (χ2n) is 2.08. The van der Waals surface area contributed by atoms with E-state index in [1.54, 1.807) is 11.7 Å². The Balaban J connectivity index is 2.15. The fraction of sp³-hybridized carbons (Fsp3) is 0. The standard InChI is InChI=1S/C7H6N4S/c1-2-4-8-6(3-1)10-7-11-9-5-12-7/h1-5H,(H,8,10,11). The highest BCUT2D eigenvalue weighted by Gasteiger charge is 1.95. The Labute approximate surface area is 73.3 Å². The maximum absolute atomic E-state index is 4.08. The third-order valence-corrected chi connectivity index (χ3v) is 1.87. The Hall–Kier alpha value is -1.49. The molecule has 12 heavy (non-hydrogen) atoms. The van der Waals surface area contributed by atoms with Crippen LogP contribution in [-0.2, 0) is 0 Å². The lowest BCUT2D eigenvalue weighted by Crippen LogP contribution is -1.91. The first-order chi connectivity index (χ1) is 5.95. The Morgan fingerprint density at radius 1 is 1.33 bits per heavy atom. The third kappa shape index (κ3) is 1.57. The number of pyridine rings is 1. The van der Waals surface area contributed by atoms with Gasteiger partial charge in [0.1, 0.15) is 11.3 Å². The zero-order valence-corrected chi connectivity index (χ0v) is 6.95. The zero-order valence-electron chi connectivity index (χ0n) is 6.14. The Morgan fingerprint density at radius 2 is 2.33 bits per heavy atom. The summed E-state index contributed by atoms with van der Waals surface area (Å²) in [7, 11) is 0. The van der Waals surface area contributed by atoms with Gasteiger partial charge in [-0.15, -0.1) is 10.2 Å². The van der Waals surface area contributed by atoms with Gasteiger partial charge in [0.25, 0.3) is 0 Å². The molecular weight excluding hydrogens is 172 g/mol. The van der Waals surface area contributed by atoms with Crippen LogP contribution in [0.1, 0.15) is 0 Å². The summed E-state index contributed by atoms with van der Waals surface area (Å²) in [5.74, 6) is 0.786. The zero-order chi connectivity index (χ0) is 8.23. The first kappa shape index (κ1) is 7.17. The summed E-state index contributed by atoms with van der Waals surface area (Å²) in [6, 6.07) is 5.66. The second kappa shape index (κ2) is 3.27. The molecule has 0 radical (unpaired) electrons. The number of hydrogen-bond donors (Lipinski definition) is 1. The molecule has 60 valence electrons. The van der Waals surface area contributed by atoms with Crippen LogP contribution in [0.5, 0.6) is 0 Å². The van der Waals surface area contributed by atoms with Crippen LogP contribution in [-0.4, -0.2) is 15.2 Å². The molecule has 0 aromatic carbocycles. The van der Waals surface area contributed by atoms with Crippen molar-refractivity contribution in [2.75, 3.05) is 5.32 Å². The van der Waals surface area contributed by atoms with Gasteiger partial charge in [-0.1, -0.05) is 17.4 Å². The van der Waals surface area contributed by atoms with Crippen LogP contribution in [0.2, 0.25) is 0 Å². The molecule has 2 aromatic rings. The van der Waals surface area contributed by atoms with Gasteiger partial charge in [0.05, 0.1) is 0 Å². The average Bonchev–Trinajstić information content (AvgIpc) is 2.59. The highest BCUT2D eigenvalue weighted by Crippen LogP contribution is 2.13. The van der Waals surface area contributed by atoms with Crippen molar-refractivity contribution in [2.45, 2.75) is 0 Å². The first-order valence-corrected chi connectivity index (χ1v) is 4.27. The molecule has 4 nitrogen and oxygen atoms in total. The molecule has 0 aliphatic carbocycles. The predicted molar refractivity (Wildman–Crippen MR) is 47.4 cm³/mol. The molecule has 0 fully saturated rings. The summed E-state index contributed by atoms with van der Waals surface area (Å²) in [4.78, 5) is 4.08. The van der Waals surface area contributed by atoms with Gasteiger partial charge < -0.3 is 5.32 Å². The van der Waals surface area contributed by atoms with Crippen LogP contribution in [0.3, 0.4) is 0 Å². The molecule has 0 saturated heterocycles. The summed E-state index contributed by atoms with van der Waals surface area (Å²) in [6.45, 7) is 0. The van der Waals surface area contributed by atoms with E-state index < -0.39 is 0 Å². The molecular formula is C7H6N4S. The molecule has 0 atom stereocenters. The van der Waals surface area contributed by atoms with Crippen LogP contribution < -0.4 is 5.32 Å². The van der Waals surface area contributed by atoms with E-state index in [4.69, 9.17) is 0 Å². The van der Waals surface area contributed by atoms with E-state index >= 15 is 0 Å². The summed E-state index contributed by atoms with van der Waals surface area (Å²) in [5.41, 5.74) is 1.67. The smallest absolute Gasteiger partial charge is 0.210 e. The minimum atomic E-state index is 0.758. The Morgan fingerprint density at radius 3 is 3.00 bits per heavy atom. The lowest BCUT2D eigenvalue weighted by atomic mass is 10.5. The molecule has 2 heterocycles. The van der Waals surface area contributed by atoms with Crippen molar-refractivity contribution in [3.63, 3.8) is 0 Å². The van der Waals surface area contributed by atoms with Crippen molar-refractivity contribution in [3.05, 3.63) is 29.9 Å². The summed E-state index contributed by atoms with van der Waals surface area (Å²) in [6.07, 6.45) is 1.73. The minimum Gasteiger partial charge on any atom is -0.315 e. The number of nitrogens with zero attached hydrogens (tertiary/aromatic N) is 3. The summed E-state index contributed by atoms with van der Waals surface area (Å²) >= 11 is 1.44. The van der Waals surface area contributed by atoms with E-state index in [1.807, 2.05) is 18.2 Å². The number of nitrogens with one attached hydrogen (secondary N) is 1. The van der Waals surface area contributed by atoms with Crippen molar-refractivity contribution in [2.24, 2.45) is 0 Å². The van der Waals surface area contributed by atoms with Crippen molar-refractivity contribution >= 4 is 22.3 Å². The van der Waals surface area contributed by atoms with Gasteiger partial charge in [-0.25, -0.2) is 4.98 Å². The lowest BCUT2D eigenvalue weighted by Gasteiger charge is -1.97. The molecule has 0 bridgehead atoms. The van der Waals surface area contributed by atoms with E-state index in [9.17, 15) is 0 Å². The monoisotopic (exact) mass is 178 g/mol. The maximum atomic E-state index is 4.08. The van der Waals surface area contributed by atoms with Crippen LogP contribution >= 0.6 is 11.3 Å². The van der Waals surface area contributed by atoms with Gasteiger partial charge in [-0.2, -0.15) is 0 Å². The summed E-state index contributed by atoms with van der Waals surface area (Å²) < 4.78 is 0. The van der Waals surface area contributed by atoms with Gasteiger partial charge >= 0.3 is 0 Å². The van der Waals surface area contributed by atoms with Crippen LogP contribution in [0.15, 0.2) is 29.9 Å². The highest BCUT2D eigenvalue weighted by molar-refractivity contribution is 7.13. The normalized spacial score (nSPS) is 9.67. The molecule has 2 rings (SSSR count). The second-order valence-corrected chi connectivity index (χ2v) is 2.92. The van der Waals surface area contributed by atoms with Crippen LogP contribution in [0.4, 0.5) is 10.9 Å². The Kier molecular flexibility index (Phi) is 1.96. The fourth-order valence-electron chi connectivity index (χ4n) is 0.774. The summed E-state index contributed by atoms with van der Waals surface area (Å²) in [5, 5.41) is 11.3. The number of hydrogen-bond acceptors (Lipinski definition) is 5. The van der Waals surface area contributed by atoms with E-state index in [1.165, 1.54) is 11.3 Å². The minimum absolute atomic E-state index is 0.758. The van der Waals surface area contributed by atoms with Gasteiger partial charge in [0.15, 0.2) is 0 Å². The average molecular weight is 178 g/mol. The van der Waals surface area contributed by atoms with Crippen LogP contribution in [0.25, 0.3) is 0 Å². The predicted octanol–water partition coefficient (Wildman–Crippen LogP) is 1.68. The molecule has 0 amide bonds. The SMILES string of the molecule is c1ccc(Nc2nncs2)nc1. The number of rotatable bonds is 2. The molecule has 0 saturated carbocycles. The third-order valence-electron chi connectivity index (χ3n) is 1.26. The number of anilines is 2. The van der Waals surface area contributed by atoms with Gasteiger partial charge in [0, 0.05) is 6.20 Å². The van der Waals surface area contributed by atoms with Gasteiger partial charge in [0.2, 0.25) is 5.13 Å². The van der Waals surface area contributed by atoms with Crippen molar-refractivity contribution in [3.8, 4) is 0 Å². The molecule has 0 aliphatic rings. The molecule has 0 aliphatic heterocycles. The molecule has 2 aromatic heterocycles. The van der Waals surface area contributed by atoms with E-state index in [2.05, 4.69) is 20.5 Å². The van der Waals surface area contributed by atoms with Gasteiger partial charge in [-0.3, -0.25) is 0 Å². The largest absolute Gasteiger partial charge is 0.315 e. The molecule has 0 spiro atoms. The van der Waals surface area contributed by atoms with Crippen molar-refractivity contribution in [1.82, 2.24) is 15.2 Å². The van der Waals surface area contributed by atoms with Crippen molar-refractivity contribution in [1.29, 1.82) is 0 Å². The van der Waals surface area contributed by atoms with Crippen LogP contribution in [0, 0.1) is 0 Å². The molecule has 0 unspecified atom stereocenters. The van der Waals surface area contributed by atoms with Crippen molar-refractivity contribution < 1.29 is 0 Å². The van der Waals surface area contributed by atoms with Gasteiger partial charge in [-0.05, 0) is 12.1 Å². The molecule has 1 N–H and O–H groups in total. The first-order valence-electron chi connectivity index (χ1n) is 3.39. The molecule has 5 heteroatoms. The van der Waals surface area contributed by atoms with E-state index in [-0.39, 0.29) is 0 Å². The fourth-order valence-corrected chi connectivity index (χ4v) is 1.23. The topological polar surface area (TPSA) is 50.7 Å². The van der Waals surface area contributed by atoms with E-state index in [0.717, 1.165) is 10.9 Å². The number of aromatic nitrogens is 3. The lowest BCUT2D eigenvalue weighted by molar-refractivity contribution is 1.09. The Bertz CT molecular complexity index is 332.